The second kappa shape index (κ2) is 6.81. The normalized spacial score (nSPS) is 13.2. The lowest BCUT2D eigenvalue weighted by Crippen LogP contribution is -2.18. The minimum atomic E-state index is -0.206. The Hall–Kier alpha value is -3.07. The number of aromatic hydroxyl groups is 1. The molecule has 2 N–H and O–H groups in total. The van der Waals surface area contributed by atoms with E-state index in [9.17, 15) is 9.90 Å². The number of phenols is 1. The van der Waals surface area contributed by atoms with Crippen molar-refractivity contribution < 1.29 is 9.90 Å². The van der Waals surface area contributed by atoms with Crippen LogP contribution in [0.25, 0.3) is 5.57 Å². The summed E-state index contributed by atoms with van der Waals surface area (Å²) in [5, 5.41) is 12.6. The number of benzene rings is 2. The first kappa shape index (κ1) is 16.8. The molecule has 1 aliphatic rings. The summed E-state index contributed by atoms with van der Waals surface area (Å²) in [4.78, 5) is 12.6. The minimum Gasteiger partial charge on any atom is -0.508 e. The number of allylic oxidation sites excluding steroid dienone is 2. The van der Waals surface area contributed by atoms with Gasteiger partial charge in [0.2, 0.25) is 0 Å². The van der Waals surface area contributed by atoms with Crippen LogP contribution in [-0.4, -0.2) is 11.0 Å². The van der Waals surface area contributed by atoms with Gasteiger partial charge in [0, 0.05) is 11.3 Å². The Morgan fingerprint density at radius 3 is 2.48 bits per heavy atom. The first-order chi connectivity index (χ1) is 12.0. The molecule has 0 heterocycles. The molecule has 3 rings (SSSR count). The maximum atomic E-state index is 12.6. The largest absolute Gasteiger partial charge is 0.508 e. The van der Waals surface area contributed by atoms with Gasteiger partial charge in [-0.2, -0.15) is 0 Å². The third-order valence-electron chi connectivity index (χ3n) is 4.40. The summed E-state index contributed by atoms with van der Waals surface area (Å²) in [6.45, 7) is 10.1. The van der Waals surface area contributed by atoms with Crippen LogP contribution in [0.5, 0.6) is 5.75 Å². The molecule has 126 valence electrons. The van der Waals surface area contributed by atoms with Crippen molar-refractivity contribution in [2.45, 2.75) is 19.8 Å². The molecule has 1 amide bonds. The fourth-order valence-corrected chi connectivity index (χ4v) is 3.23. The number of phenolic OH excluding ortho intramolecular Hbond substituents is 1. The molecule has 0 radical (unpaired) electrons. The number of carbonyl (C=O) groups is 1. The smallest absolute Gasteiger partial charge is 0.255 e. The first-order valence-electron chi connectivity index (χ1n) is 8.24. The first-order valence-corrected chi connectivity index (χ1v) is 8.24. The Kier molecular flexibility index (Phi) is 4.57. The van der Waals surface area contributed by atoms with Crippen LogP contribution in [0, 0.1) is 0 Å². The van der Waals surface area contributed by atoms with E-state index in [1.165, 1.54) is 0 Å². The zero-order valence-corrected chi connectivity index (χ0v) is 14.3. The molecule has 0 aliphatic heterocycles. The standard InChI is InChI=1S/C22H21NO2/c1-14(2)21-19(11-9-16-13-18(24)10-12-20(16)21)15(3)22(25)23-17-7-5-4-6-8-17/h4-8,10,12-13,24H,1,3,9,11H2,2H3,(H,23,25). The molecular weight excluding hydrogens is 310 g/mol. The summed E-state index contributed by atoms with van der Waals surface area (Å²) in [6.07, 6.45) is 1.45. The lowest BCUT2D eigenvalue weighted by Gasteiger charge is -2.25. The van der Waals surface area contributed by atoms with E-state index in [4.69, 9.17) is 0 Å². The highest BCUT2D eigenvalue weighted by molar-refractivity contribution is 6.09. The van der Waals surface area contributed by atoms with E-state index >= 15 is 0 Å². The van der Waals surface area contributed by atoms with E-state index in [-0.39, 0.29) is 11.7 Å². The van der Waals surface area contributed by atoms with Crippen molar-refractivity contribution in [3.8, 4) is 5.75 Å². The third kappa shape index (κ3) is 3.41. The molecule has 0 fully saturated rings. The summed E-state index contributed by atoms with van der Waals surface area (Å²) < 4.78 is 0. The predicted octanol–water partition coefficient (Wildman–Crippen LogP) is 4.86. The quantitative estimate of drug-likeness (QED) is 0.786. The van der Waals surface area contributed by atoms with Gasteiger partial charge in [-0.1, -0.05) is 43.0 Å². The zero-order chi connectivity index (χ0) is 18.0. The molecule has 0 atom stereocenters. The van der Waals surface area contributed by atoms with Crippen LogP contribution in [0.15, 0.2) is 78.4 Å². The average molecular weight is 331 g/mol. The highest BCUT2D eigenvalue weighted by atomic mass is 16.3. The fourth-order valence-electron chi connectivity index (χ4n) is 3.23. The molecular formula is C22H21NO2. The van der Waals surface area contributed by atoms with E-state index in [0.717, 1.165) is 40.0 Å². The van der Waals surface area contributed by atoms with Crippen molar-refractivity contribution in [2.24, 2.45) is 0 Å². The van der Waals surface area contributed by atoms with Crippen molar-refractivity contribution in [1.82, 2.24) is 0 Å². The molecule has 3 heteroatoms. The molecule has 2 aromatic rings. The van der Waals surface area contributed by atoms with Crippen molar-refractivity contribution in [1.29, 1.82) is 0 Å². The molecule has 0 unspecified atom stereocenters. The highest BCUT2D eigenvalue weighted by Crippen LogP contribution is 2.39. The number of nitrogens with one attached hydrogen (secondary N) is 1. The zero-order valence-electron chi connectivity index (χ0n) is 14.3. The predicted molar refractivity (Wildman–Crippen MR) is 102 cm³/mol. The Labute approximate surface area is 148 Å². The second-order valence-corrected chi connectivity index (χ2v) is 6.27. The average Bonchev–Trinajstić information content (AvgIpc) is 2.60. The molecule has 25 heavy (non-hydrogen) atoms. The van der Waals surface area contributed by atoms with E-state index in [2.05, 4.69) is 18.5 Å². The second-order valence-electron chi connectivity index (χ2n) is 6.27. The van der Waals surface area contributed by atoms with Crippen LogP contribution < -0.4 is 5.32 Å². The number of aryl methyl sites for hydroxylation is 1. The number of hydrogen-bond acceptors (Lipinski definition) is 2. The van der Waals surface area contributed by atoms with E-state index in [0.29, 0.717) is 12.0 Å². The molecule has 3 nitrogen and oxygen atoms in total. The van der Waals surface area contributed by atoms with Crippen LogP contribution >= 0.6 is 0 Å². The monoisotopic (exact) mass is 331 g/mol. The molecule has 0 bridgehead atoms. The van der Waals surface area contributed by atoms with Crippen LogP contribution in [0.1, 0.15) is 24.5 Å². The third-order valence-corrected chi connectivity index (χ3v) is 4.40. The minimum absolute atomic E-state index is 0.206. The summed E-state index contributed by atoms with van der Waals surface area (Å²) in [6, 6.07) is 14.7. The maximum absolute atomic E-state index is 12.6. The number of hydrogen-bond donors (Lipinski definition) is 2. The van der Waals surface area contributed by atoms with E-state index < -0.39 is 0 Å². The molecule has 1 aliphatic carbocycles. The number of anilines is 1. The van der Waals surface area contributed by atoms with E-state index in [1.54, 1.807) is 12.1 Å². The number of rotatable bonds is 4. The van der Waals surface area contributed by atoms with Gasteiger partial charge in [-0.25, -0.2) is 0 Å². The summed E-state index contributed by atoms with van der Waals surface area (Å²) >= 11 is 0. The maximum Gasteiger partial charge on any atom is 0.255 e. The van der Waals surface area contributed by atoms with Crippen molar-refractivity contribution in [3.05, 3.63) is 89.5 Å². The molecule has 0 saturated heterocycles. The van der Waals surface area contributed by atoms with Gasteiger partial charge < -0.3 is 10.4 Å². The van der Waals surface area contributed by atoms with Crippen molar-refractivity contribution >= 4 is 17.2 Å². The van der Waals surface area contributed by atoms with Gasteiger partial charge in [-0.05, 0) is 66.3 Å². The van der Waals surface area contributed by atoms with E-state index in [1.807, 2.05) is 43.3 Å². The lowest BCUT2D eigenvalue weighted by atomic mass is 9.80. The number of para-hydroxylation sites is 1. The van der Waals surface area contributed by atoms with Crippen molar-refractivity contribution in [3.63, 3.8) is 0 Å². The van der Waals surface area contributed by atoms with Gasteiger partial charge in [0.1, 0.15) is 5.75 Å². The van der Waals surface area contributed by atoms with Crippen LogP contribution in [0.4, 0.5) is 5.69 Å². The summed E-state index contributed by atoms with van der Waals surface area (Å²) in [7, 11) is 0. The lowest BCUT2D eigenvalue weighted by molar-refractivity contribution is -0.112. The Morgan fingerprint density at radius 1 is 1.08 bits per heavy atom. The molecule has 0 spiro atoms. The summed E-state index contributed by atoms with van der Waals surface area (Å²) in [5.41, 5.74) is 6.04. The van der Waals surface area contributed by atoms with Gasteiger partial charge in [-0.15, -0.1) is 0 Å². The fraction of sp³-hybridized carbons (Fsp3) is 0.136. The summed E-state index contributed by atoms with van der Waals surface area (Å²) in [5.74, 6) is 0.0473. The Balaban J connectivity index is 1.97. The molecule has 0 aromatic heterocycles. The number of fused-ring (bicyclic) bond motifs is 1. The van der Waals surface area contributed by atoms with Gasteiger partial charge in [0.25, 0.3) is 5.91 Å². The van der Waals surface area contributed by atoms with Crippen LogP contribution in [0.3, 0.4) is 0 Å². The van der Waals surface area contributed by atoms with Crippen LogP contribution in [-0.2, 0) is 11.2 Å². The Bertz CT molecular complexity index is 891. The molecule has 0 saturated carbocycles. The number of carbonyl (C=O) groups excluding carboxylic acids is 1. The van der Waals surface area contributed by atoms with Gasteiger partial charge in [0.05, 0.1) is 0 Å². The Morgan fingerprint density at radius 2 is 1.80 bits per heavy atom. The van der Waals surface area contributed by atoms with Crippen molar-refractivity contribution in [2.75, 3.05) is 5.32 Å². The van der Waals surface area contributed by atoms with Crippen LogP contribution in [0.2, 0.25) is 0 Å². The van der Waals surface area contributed by atoms with Gasteiger partial charge in [-0.3, -0.25) is 4.79 Å². The SMILES string of the molecule is C=C(C)C1=C(C(=C)C(=O)Nc2ccccc2)CCc2cc(O)ccc21. The van der Waals surface area contributed by atoms with Gasteiger partial charge >= 0.3 is 0 Å². The van der Waals surface area contributed by atoms with Gasteiger partial charge in [0.15, 0.2) is 0 Å². The highest BCUT2D eigenvalue weighted by Gasteiger charge is 2.24. The molecule has 2 aromatic carbocycles. The number of amides is 1. The topological polar surface area (TPSA) is 49.3 Å².